The molecule has 0 radical (unpaired) electrons. The number of hydrogen-bond acceptors (Lipinski definition) is 3. The van der Waals surface area contributed by atoms with Crippen molar-refractivity contribution < 1.29 is 4.74 Å². The first-order valence-corrected chi connectivity index (χ1v) is 6.21. The van der Waals surface area contributed by atoms with Gasteiger partial charge in [-0.25, -0.2) is 0 Å². The van der Waals surface area contributed by atoms with Crippen LogP contribution in [-0.4, -0.2) is 42.8 Å². The van der Waals surface area contributed by atoms with Crippen molar-refractivity contribution in [2.45, 2.75) is 44.7 Å². The second-order valence-corrected chi connectivity index (χ2v) is 5.50. The van der Waals surface area contributed by atoms with Gasteiger partial charge in [-0.1, -0.05) is 6.92 Å². The Kier molecular flexibility index (Phi) is 3.33. The molecule has 3 unspecified atom stereocenters. The van der Waals surface area contributed by atoms with Crippen molar-refractivity contribution in [2.75, 3.05) is 26.3 Å². The van der Waals surface area contributed by atoms with Crippen LogP contribution in [0.15, 0.2) is 0 Å². The van der Waals surface area contributed by atoms with Gasteiger partial charge in [0.05, 0.1) is 12.1 Å². The third-order valence-corrected chi connectivity index (χ3v) is 4.16. The highest BCUT2D eigenvalue weighted by molar-refractivity contribution is 4.93. The molecule has 2 rings (SSSR count). The van der Waals surface area contributed by atoms with Gasteiger partial charge in [0.25, 0.3) is 0 Å². The van der Waals surface area contributed by atoms with Gasteiger partial charge in [-0.3, -0.25) is 4.90 Å². The number of nitrogens with two attached hydrogens (primary N) is 1. The quantitative estimate of drug-likeness (QED) is 0.748. The van der Waals surface area contributed by atoms with Crippen molar-refractivity contribution in [3.63, 3.8) is 0 Å². The predicted molar refractivity (Wildman–Crippen MR) is 61.8 cm³/mol. The van der Waals surface area contributed by atoms with Crippen LogP contribution in [0.4, 0.5) is 0 Å². The molecule has 0 spiro atoms. The monoisotopic (exact) mass is 212 g/mol. The Morgan fingerprint density at radius 1 is 1.47 bits per heavy atom. The summed E-state index contributed by atoms with van der Waals surface area (Å²) in [6.07, 6.45) is 3.71. The lowest BCUT2D eigenvalue weighted by Crippen LogP contribution is -2.55. The van der Waals surface area contributed by atoms with E-state index >= 15 is 0 Å². The lowest BCUT2D eigenvalue weighted by molar-refractivity contribution is 0.0798. The molecule has 88 valence electrons. The molecule has 0 bridgehead atoms. The fourth-order valence-corrected chi connectivity index (χ4v) is 2.80. The first-order chi connectivity index (χ1) is 7.11. The predicted octanol–water partition coefficient (Wildman–Crippen LogP) is 1.22. The zero-order chi connectivity index (χ0) is 10.9. The third-order valence-electron chi connectivity index (χ3n) is 4.16. The van der Waals surface area contributed by atoms with Crippen molar-refractivity contribution in [3.05, 3.63) is 0 Å². The van der Waals surface area contributed by atoms with Gasteiger partial charge < -0.3 is 10.5 Å². The molecule has 15 heavy (non-hydrogen) atoms. The first kappa shape index (κ1) is 11.4. The lowest BCUT2D eigenvalue weighted by atomic mass is 9.89. The fraction of sp³-hybridized carbons (Fsp3) is 1.00. The van der Waals surface area contributed by atoms with Gasteiger partial charge in [0, 0.05) is 19.2 Å². The fourth-order valence-electron chi connectivity index (χ4n) is 2.80. The van der Waals surface area contributed by atoms with Gasteiger partial charge in [0.15, 0.2) is 0 Å². The Morgan fingerprint density at radius 3 is 2.93 bits per heavy atom. The van der Waals surface area contributed by atoms with E-state index in [4.69, 9.17) is 10.5 Å². The van der Waals surface area contributed by atoms with Gasteiger partial charge in [0.1, 0.15) is 0 Å². The van der Waals surface area contributed by atoms with E-state index in [-0.39, 0.29) is 5.54 Å². The summed E-state index contributed by atoms with van der Waals surface area (Å²) in [6.45, 7) is 8.50. The van der Waals surface area contributed by atoms with Crippen molar-refractivity contribution >= 4 is 0 Å². The van der Waals surface area contributed by atoms with Crippen LogP contribution < -0.4 is 5.73 Å². The van der Waals surface area contributed by atoms with Gasteiger partial charge in [-0.15, -0.1) is 0 Å². The minimum atomic E-state index is -0.0781. The molecule has 2 aliphatic rings. The van der Waals surface area contributed by atoms with Crippen LogP contribution in [-0.2, 0) is 4.74 Å². The van der Waals surface area contributed by atoms with Crippen molar-refractivity contribution in [1.82, 2.24) is 4.90 Å². The highest BCUT2D eigenvalue weighted by atomic mass is 16.5. The summed E-state index contributed by atoms with van der Waals surface area (Å²) in [5, 5.41) is 0. The van der Waals surface area contributed by atoms with Gasteiger partial charge >= 0.3 is 0 Å². The average molecular weight is 212 g/mol. The van der Waals surface area contributed by atoms with Crippen LogP contribution >= 0.6 is 0 Å². The lowest BCUT2D eigenvalue weighted by Gasteiger charge is -2.41. The van der Waals surface area contributed by atoms with Crippen LogP contribution in [0, 0.1) is 5.92 Å². The molecule has 2 aliphatic heterocycles. The van der Waals surface area contributed by atoms with E-state index in [1.54, 1.807) is 0 Å². The summed E-state index contributed by atoms with van der Waals surface area (Å²) >= 11 is 0. The van der Waals surface area contributed by atoms with Crippen LogP contribution in [0.25, 0.3) is 0 Å². The van der Waals surface area contributed by atoms with Crippen LogP contribution in [0.5, 0.6) is 0 Å². The van der Waals surface area contributed by atoms with E-state index in [0.29, 0.717) is 6.04 Å². The molecule has 3 nitrogen and oxygen atoms in total. The maximum atomic E-state index is 6.33. The van der Waals surface area contributed by atoms with Crippen LogP contribution in [0.2, 0.25) is 0 Å². The number of rotatable bonds is 2. The molecular weight excluding hydrogens is 188 g/mol. The molecular formula is C12H24N2O. The minimum absolute atomic E-state index is 0.0781. The molecule has 2 saturated heterocycles. The van der Waals surface area contributed by atoms with Crippen LogP contribution in [0.1, 0.15) is 33.1 Å². The zero-order valence-corrected chi connectivity index (χ0v) is 10.0. The van der Waals surface area contributed by atoms with Gasteiger partial charge in [0.2, 0.25) is 0 Å². The van der Waals surface area contributed by atoms with E-state index in [0.717, 1.165) is 32.1 Å². The second-order valence-electron chi connectivity index (χ2n) is 5.50. The van der Waals surface area contributed by atoms with Gasteiger partial charge in [-0.05, 0) is 38.6 Å². The van der Waals surface area contributed by atoms with E-state index in [1.165, 1.54) is 19.4 Å². The molecule has 0 aromatic rings. The van der Waals surface area contributed by atoms with Crippen molar-refractivity contribution in [3.8, 4) is 0 Å². The maximum Gasteiger partial charge on any atom is 0.0659 e. The van der Waals surface area contributed by atoms with Crippen LogP contribution in [0.3, 0.4) is 0 Å². The highest BCUT2D eigenvalue weighted by Gasteiger charge is 2.35. The van der Waals surface area contributed by atoms with E-state index in [2.05, 4.69) is 18.7 Å². The smallest absolute Gasteiger partial charge is 0.0659 e. The third kappa shape index (κ3) is 2.52. The largest absolute Gasteiger partial charge is 0.379 e. The zero-order valence-electron chi connectivity index (χ0n) is 10.0. The number of likely N-dealkylation sites (tertiary alicyclic amines) is 1. The second kappa shape index (κ2) is 4.40. The van der Waals surface area contributed by atoms with Crippen molar-refractivity contribution in [2.24, 2.45) is 11.7 Å². The van der Waals surface area contributed by atoms with E-state index < -0.39 is 0 Å². The number of ether oxygens (including phenoxy) is 1. The topological polar surface area (TPSA) is 38.5 Å². The summed E-state index contributed by atoms with van der Waals surface area (Å²) in [5.41, 5.74) is 6.25. The van der Waals surface area contributed by atoms with Crippen molar-refractivity contribution in [1.29, 1.82) is 0 Å². The molecule has 2 heterocycles. The molecule has 0 amide bonds. The number of nitrogens with zero attached hydrogens (tertiary/aromatic N) is 1. The summed E-state index contributed by atoms with van der Waals surface area (Å²) in [7, 11) is 0. The Bertz CT molecular complexity index is 214. The number of hydrogen-bond donors (Lipinski definition) is 1. The molecule has 0 aliphatic carbocycles. The van der Waals surface area contributed by atoms with E-state index in [1.807, 2.05) is 0 Å². The molecule has 2 N–H and O–H groups in total. The molecule has 3 atom stereocenters. The summed E-state index contributed by atoms with van der Waals surface area (Å²) in [5.74, 6) is 0.810. The maximum absolute atomic E-state index is 6.33. The first-order valence-electron chi connectivity index (χ1n) is 6.21. The highest BCUT2D eigenvalue weighted by Crippen LogP contribution is 2.26. The molecule has 2 fully saturated rings. The SMILES string of the molecule is CC1CCCN(CC2(N)CCOC2)C1C. The Hall–Kier alpha value is -0.120. The summed E-state index contributed by atoms with van der Waals surface area (Å²) in [6, 6.07) is 0.680. The Morgan fingerprint density at radius 2 is 2.27 bits per heavy atom. The molecule has 0 aromatic carbocycles. The summed E-state index contributed by atoms with van der Waals surface area (Å²) in [4.78, 5) is 2.56. The number of piperidine rings is 1. The average Bonchev–Trinajstić information content (AvgIpc) is 2.60. The molecule has 0 saturated carbocycles. The van der Waals surface area contributed by atoms with E-state index in [9.17, 15) is 0 Å². The molecule has 0 aromatic heterocycles. The Balaban J connectivity index is 1.92. The minimum Gasteiger partial charge on any atom is -0.379 e. The normalized spacial score (nSPS) is 43.4. The summed E-state index contributed by atoms with van der Waals surface area (Å²) < 4.78 is 5.41. The molecule has 3 heteroatoms. The Labute approximate surface area is 93.0 Å². The standard InChI is InChI=1S/C12H24N2O/c1-10-4-3-6-14(11(10)2)8-12(13)5-7-15-9-12/h10-11H,3-9,13H2,1-2H3. The van der Waals surface area contributed by atoms with Gasteiger partial charge in [-0.2, -0.15) is 0 Å².